The maximum absolute atomic E-state index is 10.9. The van der Waals surface area contributed by atoms with Crippen molar-refractivity contribution in [2.75, 3.05) is 5.73 Å². The van der Waals surface area contributed by atoms with Crippen LogP contribution in [-0.2, 0) is 6.42 Å². The molecule has 2 aromatic rings. The summed E-state index contributed by atoms with van der Waals surface area (Å²) in [6.07, 6.45) is 0.584. The van der Waals surface area contributed by atoms with Gasteiger partial charge in [-0.1, -0.05) is 19.1 Å². The Hall–Kier alpha value is -2.57. The fraction of sp³-hybridized carbons (Fsp3) is 0.182. The highest BCUT2D eigenvalue weighted by Gasteiger charge is 2.17. The summed E-state index contributed by atoms with van der Waals surface area (Å²) < 4.78 is 0. The average molecular weight is 245 g/mol. The lowest BCUT2D eigenvalue weighted by molar-refractivity contribution is -0.384. The zero-order valence-electron chi connectivity index (χ0n) is 9.70. The fourth-order valence-electron chi connectivity index (χ4n) is 1.54. The first-order valence-electron chi connectivity index (χ1n) is 5.36. The van der Waals surface area contributed by atoms with E-state index in [1.165, 1.54) is 6.07 Å². The molecular weight excluding hydrogens is 234 g/mol. The van der Waals surface area contributed by atoms with Crippen LogP contribution in [0.1, 0.15) is 12.7 Å². The molecule has 0 spiro atoms. The van der Waals surface area contributed by atoms with Crippen molar-refractivity contribution in [3.05, 3.63) is 40.2 Å². The monoisotopic (exact) mass is 245 g/mol. The number of nitrogens with zero attached hydrogens (tertiary/aromatic N) is 4. The average Bonchev–Trinajstić information content (AvgIpc) is 2.38. The number of nitro benzene ring substituents is 1. The standard InChI is InChI=1S/C11H11N5O2/c1-2-9-13-10(15-11(12)14-9)7-5-3-4-6-8(7)16(17)18/h3-6H,2H2,1H3,(H2,12,13,14,15). The van der Waals surface area contributed by atoms with Crippen molar-refractivity contribution in [2.45, 2.75) is 13.3 Å². The minimum Gasteiger partial charge on any atom is -0.368 e. The first-order chi connectivity index (χ1) is 8.61. The van der Waals surface area contributed by atoms with Crippen LogP contribution >= 0.6 is 0 Å². The van der Waals surface area contributed by atoms with E-state index in [1.54, 1.807) is 18.2 Å². The van der Waals surface area contributed by atoms with Crippen molar-refractivity contribution >= 4 is 11.6 Å². The third-order valence-corrected chi connectivity index (χ3v) is 2.36. The maximum atomic E-state index is 10.9. The molecule has 0 radical (unpaired) electrons. The van der Waals surface area contributed by atoms with Crippen LogP contribution in [0.4, 0.5) is 11.6 Å². The van der Waals surface area contributed by atoms with Crippen LogP contribution in [-0.4, -0.2) is 19.9 Å². The van der Waals surface area contributed by atoms with Crippen LogP contribution in [0.3, 0.4) is 0 Å². The molecule has 1 heterocycles. The van der Waals surface area contributed by atoms with E-state index in [0.29, 0.717) is 17.8 Å². The van der Waals surface area contributed by atoms with E-state index >= 15 is 0 Å². The molecule has 0 fully saturated rings. The summed E-state index contributed by atoms with van der Waals surface area (Å²) in [5.41, 5.74) is 5.85. The highest BCUT2D eigenvalue weighted by molar-refractivity contribution is 5.68. The van der Waals surface area contributed by atoms with Crippen molar-refractivity contribution < 1.29 is 4.92 Å². The van der Waals surface area contributed by atoms with Gasteiger partial charge in [-0.25, -0.2) is 4.98 Å². The molecule has 1 aromatic heterocycles. The molecule has 0 atom stereocenters. The molecule has 0 aliphatic rings. The van der Waals surface area contributed by atoms with Gasteiger partial charge in [0.2, 0.25) is 5.95 Å². The number of para-hydroxylation sites is 1. The van der Waals surface area contributed by atoms with Gasteiger partial charge in [0.25, 0.3) is 5.69 Å². The first-order valence-corrected chi connectivity index (χ1v) is 5.36. The van der Waals surface area contributed by atoms with Crippen molar-refractivity contribution in [3.8, 4) is 11.4 Å². The van der Waals surface area contributed by atoms with E-state index in [0.717, 1.165) is 0 Å². The van der Waals surface area contributed by atoms with Gasteiger partial charge in [-0.3, -0.25) is 10.1 Å². The SMILES string of the molecule is CCc1nc(N)nc(-c2ccccc2[N+](=O)[O-])n1. The normalized spacial score (nSPS) is 10.3. The molecule has 2 N–H and O–H groups in total. The summed E-state index contributed by atoms with van der Waals surface area (Å²) in [5, 5.41) is 10.9. The highest BCUT2D eigenvalue weighted by atomic mass is 16.6. The van der Waals surface area contributed by atoms with Gasteiger partial charge in [-0.15, -0.1) is 0 Å². The van der Waals surface area contributed by atoms with Gasteiger partial charge in [0.1, 0.15) is 5.82 Å². The smallest absolute Gasteiger partial charge is 0.280 e. The predicted octanol–water partition coefficient (Wildman–Crippen LogP) is 1.59. The Morgan fingerprint density at radius 1 is 1.28 bits per heavy atom. The van der Waals surface area contributed by atoms with Gasteiger partial charge in [0.15, 0.2) is 5.82 Å². The van der Waals surface area contributed by atoms with Gasteiger partial charge in [-0.2, -0.15) is 9.97 Å². The summed E-state index contributed by atoms with van der Waals surface area (Å²) in [6.45, 7) is 1.87. The minimum absolute atomic E-state index is 0.0508. The van der Waals surface area contributed by atoms with Crippen LogP contribution in [0, 0.1) is 10.1 Å². The van der Waals surface area contributed by atoms with E-state index in [4.69, 9.17) is 5.73 Å². The van der Waals surface area contributed by atoms with Crippen LogP contribution < -0.4 is 5.73 Å². The van der Waals surface area contributed by atoms with E-state index in [-0.39, 0.29) is 17.5 Å². The number of rotatable bonds is 3. The maximum Gasteiger partial charge on any atom is 0.280 e. The molecule has 2 rings (SSSR count). The quantitative estimate of drug-likeness (QED) is 0.649. The molecule has 7 nitrogen and oxygen atoms in total. The molecule has 0 unspecified atom stereocenters. The molecule has 0 amide bonds. The molecule has 0 aliphatic carbocycles. The number of nitrogen functional groups attached to an aromatic ring is 1. The number of benzene rings is 1. The largest absolute Gasteiger partial charge is 0.368 e. The summed E-state index contributed by atoms with van der Waals surface area (Å²) in [7, 11) is 0. The Morgan fingerprint density at radius 3 is 2.67 bits per heavy atom. The summed E-state index contributed by atoms with van der Waals surface area (Å²) in [6, 6.07) is 6.27. The molecular formula is C11H11N5O2. The van der Waals surface area contributed by atoms with Crippen LogP contribution in [0.5, 0.6) is 0 Å². The summed E-state index contributed by atoms with van der Waals surface area (Å²) in [5.74, 6) is 0.803. The Morgan fingerprint density at radius 2 is 2.00 bits per heavy atom. The highest BCUT2D eigenvalue weighted by Crippen LogP contribution is 2.26. The predicted molar refractivity (Wildman–Crippen MR) is 65.7 cm³/mol. The topological polar surface area (TPSA) is 108 Å². The molecule has 18 heavy (non-hydrogen) atoms. The first kappa shape index (κ1) is 11.9. The molecule has 0 aliphatic heterocycles. The molecule has 0 saturated carbocycles. The Bertz CT molecular complexity index is 600. The van der Waals surface area contributed by atoms with Gasteiger partial charge in [-0.05, 0) is 6.07 Å². The van der Waals surface area contributed by atoms with Crippen molar-refractivity contribution in [1.29, 1.82) is 0 Å². The number of hydrogen-bond donors (Lipinski definition) is 1. The van der Waals surface area contributed by atoms with Gasteiger partial charge in [0, 0.05) is 12.5 Å². The second-order valence-electron chi connectivity index (χ2n) is 3.56. The van der Waals surface area contributed by atoms with E-state index in [1.807, 2.05) is 6.92 Å². The second kappa shape index (κ2) is 4.74. The lowest BCUT2D eigenvalue weighted by atomic mass is 10.1. The fourth-order valence-corrected chi connectivity index (χ4v) is 1.54. The Kier molecular flexibility index (Phi) is 3.13. The number of aromatic nitrogens is 3. The third kappa shape index (κ3) is 2.24. The number of anilines is 1. The molecule has 7 heteroatoms. The van der Waals surface area contributed by atoms with Gasteiger partial charge < -0.3 is 5.73 Å². The number of nitro groups is 1. The number of nitrogens with two attached hydrogens (primary N) is 1. The molecule has 92 valence electrons. The third-order valence-electron chi connectivity index (χ3n) is 2.36. The lowest BCUT2D eigenvalue weighted by Crippen LogP contribution is -2.05. The zero-order valence-corrected chi connectivity index (χ0v) is 9.70. The van der Waals surface area contributed by atoms with Crippen LogP contribution in [0.2, 0.25) is 0 Å². The zero-order chi connectivity index (χ0) is 13.1. The van der Waals surface area contributed by atoms with E-state index in [2.05, 4.69) is 15.0 Å². The van der Waals surface area contributed by atoms with Crippen molar-refractivity contribution in [2.24, 2.45) is 0 Å². The van der Waals surface area contributed by atoms with Gasteiger partial charge >= 0.3 is 0 Å². The molecule has 0 saturated heterocycles. The van der Waals surface area contributed by atoms with Gasteiger partial charge in [0.05, 0.1) is 10.5 Å². The molecule has 1 aromatic carbocycles. The molecule has 0 bridgehead atoms. The van der Waals surface area contributed by atoms with E-state index < -0.39 is 4.92 Å². The lowest BCUT2D eigenvalue weighted by Gasteiger charge is -2.04. The summed E-state index contributed by atoms with van der Waals surface area (Å²) >= 11 is 0. The minimum atomic E-state index is -0.471. The Labute approximate surface area is 103 Å². The second-order valence-corrected chi connectivity index (χ2v) is 3.56. The Balaban J connectivity index is 2.61. The van der Waals surface area contributed by atoms with E-state index in [9.17, 15) is 10.1 Å². The summed E-state index contributed by atoms with van der Waals surface area (Å²) in [4.78, 5) is 22.5. The van der Waals surface area contributed by atoms with Crippen molar-refractivity contribution in [3.63, 3.8) is 0 Å². The van der Waals surface area contributed by atoms with Crippen molar-refractivity contribution in [1.82, 2.24) is 15.0 Å². The number of aryl methyl sites for hydroxylation is 1. The van der Waals surface area contributed by atoms with Crippen LogP contribution in [0.15, 0.2) is 24.3 Å². The number of hydrogen-bond acceptors (Lipinski definition) is 6. The van der Waals surface area contributed by atoms with Crippen LogP contribution in [0.25, 0.3) is 11.4 Å².